The van der Waals surface area contributed by atoms with Crippen LogP contribution in [0.4, 0.5) is 0 Å². The molecule has 0 saturated heterocycles. The van der Waals surface area contributed by atoms with E-state index in [9.17, 15) is 0 Å². The molecule has 1 heteroatoms. The van der Waals surface area contributed by atoms with Gasteiger partial charge in [-0.25, -0.2) is 0 Å². The van der Waals surface area contributed by atoms with Crippen molar-refractivity contribution in [2.45, 2.75) is 27.2 Å². The summed E-state index contributed by atoms with van der Waals surface area (Å²) < 4.78 is 0. The van der Waals surface area contributed by atoms with Gasteiger partial charge in [0.25, 0.3) is 0 Å². The predicted octanol–water partition coefficient (Wildman–Crippen LogP) is 4.05. The molecule has 1 rings (SSSR count). The van der Waals surface area contributed by atoms with Gasteiger partial charge in [-0.2, -0.15) is 0 Å². The standard InChI is InChI=1S/C10H11N.C3H8/c1-3-10-6-9(7-11)5-4-8(10)2;1-3-2/h3-7,11H,1H2,2H3;3H2,1-2H3. The molecule has 0 amide bonds. The number of aryl methyl sites for hydroxylation is 1. The van der Waals surface area contributed by atoms with Gasteiger partial charge in [0.05, 0.1) is 0 Å². The number of rotatable bonds is 2. The molecule has 0 fully saturated rings. The van der Waals surface area contributed by atoms with Crippen LogP contribution in [0.5, 0.6) is 0 Å². The van der Waals surface area contributed by atoms with Gasteiger partial charge in [0.15, 0.2) is 0 Å². The van der Waals surface area contributed by atoms with E-state index in [0.29, 0.717) is 0 Å². The zero-order chi connectivity index (χ0) is 11.0. The fourth-order valence-corrected chi connectivity index (χ4v) is 0.969. The minimum Gasteiger partial charge on any atom is -0.308 e. The minimum atomic E-state index is 0.922. The van der Waals surface area contributed by atoms with Crippen LogP contribution in [-0.2, 0) is 0 Å². The quantitative estimate of drug-likeness (QED) is 0.679. The Balaban J connectivity index is 0.000000500. The van der Waals surface area contributed by atoms with Crippen molar-refractivity contribution in [1.29, 1.82) is 5.41 Å². The molecule has 1 aromatic carbocycles. The highest BCUT2D eigenvalue weighted by Gasteiger charge is 1.93. The van der Waals surface area contributed by atoms with Gasteiger partial charge in [-0.1, -0.05) is 45.1 Å². The second-order valence-corrected chi connectivity index (χ2v) is 3.17. The first-order valence-electron chi connectivity index (χ1n) is 4.93. The summed E-state index contributed by atoms with van der Waals surface area (Å²) in [5.74, 6) is 0. The fraction of sp³-hybridized carbons (Fsp3) is 0.308. The van der Waals surface area contributed by atoms with Gasteiger partial charge >= 0.3 is 0 Å². The van der Waals surface area contributed by atoms with Crippen LogP contribution in [0, 0.1) is 12.3 Å². The van der Waals surface area contributed by atoms with Crippen LogP contribution >= 0.6 is 0 Å². The van der Waals surface area contributed by atoms with Gasteiger partial charge in [-0.15, -0.1) is 0 Å². The first-order valence-corrected chi connectivity index (χ1v) is 4.93. The average molecular weight is 189 g/mol. The van der Waals surface area contributed by atoms with Crippen molar-refractivity contribution in [2.75, 3.05) is 0 Å². The molecular formula is C13H19N. The van der Waals surface area contributed by atoms with Crippen LogP contribution in [0.15, 0.2) is 24.8 Å². The maximum atomic E-state index is 7.03. The van der Waals surface area contributed by atoms with Crippen LogP contribution in [0.2, 0.25) is 0 Å². The molecule has 0 heterocycles. The molecular weight excluding hydrogens is 170 g/mol. The lowest BCUT2D eigenvalue weighted by molar-refractivity contribution is 1.09. The third-order valence-electron chi connectivity index (χ3n) is 1.69. The van der Waals surface area contributed by atoms with Crippen molar-refractivity contribution in [3.05, 3.63) is 41.5 Å². The van der Waals surface area contributed by atoms with E-state index in [1.807, 2.05) is 31.2 Å². The largest absolute Gasteiger partial charge is 0.308 e. The van der Waals surface area contributed by atoms with Crippen molar-refractivity contribution < 1.29 is 0 Å². The number of nitrogens with one attached hydrogen (secondary N) is 1. The van der Waals surface area contributed by atoms with Crippen LogP contribution in [0.25, 0.3) is 6.08 Å². The predicted molar refractivity (Wildman–Crippen MR) is 65.1 cm³/mol. The monoisotopic (exact) mass is 189 g/mol. The van der Waals surface area contributed by atoms with Gasteiger partial charge in [-0.3, -0.25) is 0 Å². The molecule has 0 aromatic heterocycles. The Labute approximate surface area is 87.0 Å². The molecule has 14 heavy (non-hydrogen) atoms. The van der Waals surface area contributed by atoms with Crippen LogP contribution in [0.3, 0.4) is 0 Å². The van der Waals surface area contributed by atoms with E-state index in [4.69, 9.17) is 5.41 Å². The van der Waals surface area contributed by atoms with Gasteiger partial charge in [-0.05, 0) is 29.7 Å². The van der Waals surface area contributed by atoms with Crippen molar-refractivity contribution in [2.24, 2.45) is 0 Å². The number of hydrogen-bond donors (Lipinski definition) is 1. The van der Waals surface area contributed by atoms with Crippen molar-refractivity contribution in [3.63, 3.8) is 0 Å². The molecule has 76 valence electrons. The topological polar surface area (TPSA) is 23.9 Å². The lowest BCUT2D eigenvalue weighted by Crippen LogP contribution is -1.84. The third kappa shape index (κ3) is 4.04. The number of benzene rings is 1. The summed E-state index contributed by atoms with van der Waals surface area (Å²) in [6.45, 7) is 9.97. The minimum absolute atomic E-state index is 0.922. The van der Waals surface area contributed by atoms with Crippen LogP contribution < -0.4 is 0 Å². The Morgan fingerprint density at radius 1 is 1.36 bits per heavy atom. The number of hydrogen-bond acceptors (Lipinski definition) is 1. The average Bonchev–Trinajstić information content (AvgIpc) is 2.20. The Kier molecular flexibility index (Phi) is 6.38. The molecule has 0 unspecified atom stereocenters. The Bertz CT molecular complexity index is 300. The summed E-state index contributed by atoms with van der Waals surface area (Å²) in [7, 11) is 0. The lowest BCUT2D eigenvalue weighted by Gasteiger charge is -1.99. The van der Waals surface area contributed by atoms with Gasteiger partial charge in [0.1, 0.15) is 0 Å². The van der Waals surface area contributed by atoms with E-state index < -0.39 is 0 Å². The molecule has 0 spiro atoms. The Hall–Kier alpha value is -1.37. The summed E-state index contributed by atoms with van der Waals surface area (Å²) in [6, 6.07) is 5.88. The smallest absolute Gasteiger partial charge is 0.0250 e. The van der Waals surface area contributed by atoms with Gasteiger partial charge in [0.2, 0.25) is 0 Å². The highest BCUT2D eigenvalue weighted by molar-refractivity contribution is 5.78. The molecule has 0 aliphatic heterocycles. The zero-order valence-corrected chi connectivity index (χ0v) is 9.30. The highest BCUT2D eigenvalue weighted by Crippen LogP contribution is 2.10. The van der Waals surface area contributed by atoms with E-state index in [1.165, 1.54) is 18.2 Å². The second kappa shape index (κ2) is 7.07. The van der Waals surface area contributed by atoms with Crippen LogP contribution in [-0.4, -0.2) is 6.21 Å². The molecule has 0 radical (unpaired) electrons. The zero-order valence-electron chi connectivity index (χ0n) is 9.30. The normalized spacial score (nSPS) is 8.50. The molecule has 0 atom stereocenters. The van der Waals surface area contributed by atoms with E-state index >= 15 is 0 Å². The third-order valence-corrected chi connectivity index (χ3v) is 1.69. The lowest BCUT2D eigenvalue weighted by atomic mass is 10.1. The molecule has 0 aliphatic carbocycles. The molecule has 1 aromatic rings. The Morgan fingerprint density at radius 3 is 2.36 bits per heavy atom. The maximum absolute atomic E-state index is 7.03. The van der Waals surface area contributed by atoms with E-state index in [1.54, 1.807) is 0 Å². The van der Waals surface area contributed by atoms with E-state index in [-0.39, 0.29) is 0 Å². The van der Waals surface area contributed by atoms with Crippen molar-refractivity contribution in [1.82, 2.24) is 0 Å². The summed E-state index contributed by atoms with van der Waals surface area (Å²) in [4.78, 5) is 0. The van der Waals surface area contributed by atoms with Gasteiger partial charge < -0.3 is 5.41 Å². The molecule has 1 N–H and O–H groups in total. The summed E-state index contributed by atoms with van der Waals surface area (Å²) in [6.07, 6.45) is 4.40. The molecule has 1 nitrogen and oxygen atoms in total. The highest BCUT2D eigenvalue weighted by atomic mass is 14.3. The van der Waals surface area contributed by atoms with Gasteiger partial charge in [0, 0.05) is 6.21 Å². The van der Waals surface area contributed by atoms with E-state index in [2.05, 4.69) is 20.4 Å². The summed E-state index contributed by atoms with van der Waals surface area (Å²) >= 11 is 0. The summed E-state index contributed by atoms with van der Waals surface area (Å²) in [5, 5.41) is 7.03. The van der Waals surface area contributed by atoms with Crippen LogP contribution in [0.1, 0.15) is 37.0 Å². The molecule has 0 aliphatic rings. The Morgan fingerprint density at radius 2 is 1.93 bits per heavy atom. The summed E-state index contributed by atoms with van der Waals surface area (Å²) in [5.41, 5.74) is 3.22. The maximum Gasteiger partial charge on any atom is 0.0250 e. The second-order valence-electron chi connectivity index (χ2n) is 3.17. The SMILES string of the molecule is C=Cc1cc(C=N)ccc1C.CCC. The molecule has 0 saturated carbocycles. The van der Waals surface area contributed by atoms with Crippen molar-refractivity contribution >= 4 is 12.3 Å². The first kappa shape index (κ1) is 12.6. The fourth-order valence-electron chi connectivity index (χ4n) is 0.969. The van der Waals surface area contributed by atoms with Crippen molar-refractivity contribution in [3.8, 4) is 0 Å². The first-order chi connectivity index (χ1) is 6.69. The molecule has 0 bridgehead atoms. The van der Waals surface area contributed by atoms with E-state index in [0.717, 1.165) is 11.1 Å².